The topological polar surface area (TPSA) is 33.2 Å². The molecule has 1 fully saturated rings. The largest absolute Gasteiger partial charge is 0.331 e. The first kappa shape index (κ1) is 13.4. The van der Waals surface area contributed by atoms with Crippen molar-refractivity contribution in [1.82, 2.24) is 9.88 Å². The lowest BCUT2D eigenvalue weighted by atomic mass is 9.81. The number of rotatable bonds is 0. The summed E-state index contributed by atoms with van der Waals surface area (Å²) in [4.78, 5) is 19.0. The third-order valence-electron chi connectivity index (χ3n) is 4.42. The van der Waals surface area contributed by atoms with Crippen LogP contribution in [0.25, 0.3) is 0 Å². The monoisotopic (exact) mass is 288 g/mol. The van der Waals surface area contributed by atoms with Crippen LogP contribution in [0.2, 0.25) is 0 Å². The molecular formula is C16H17ClN2O. The Morgan fingerprint density at radius 3 is 3.00 bits per heavy atom. The molecule has 0 saturated carbocycles. The highest BCUT2D eigenvalue weighted by Gasteiger charge is 2.38. The SMILES string of the molecule is Cl.O=C1c2cccnc2CC2C3=CCCC=C3CCN12. The number of carbonyl (C=O) groups is 1. The molecule has 4 rings (SSSR count). The van der Waals surface area contributed by atoms with Gasteiger partial charge in [0.1, 0.15) is 0 Å². The Hall–Kier alpha value is -1.61. The Morgan fingerprint density at radius 1 is 1.25 bits per heavy atom. The Labute approximate surface area is 124 Å². The van der Waals surface area contributed by atoms with Crippen molar-refractivity contribution in [2.45, 2.75) is 31.7 Å². The maximum absolute atomic E-state index is 12.6. The number of carbonyl (C=O) groups excluding carboxylic acids is 1. The van der Waals surface area contributed by atoms with Gasteiger partial charge in [0.15, 0.2) is 0 Å². The third kappa shape index (κ3) is 1.88. The van der Waals surface area contributed by atoms with Crippen LogP contribution < -0.4 is 0 Å². The van der Waals surface area contributed by atoms with E-state index >= 15 is 0 Å². The van der Waals surface area contributed by atoms with Gasteiger partial charge in [0, 0.05) is 19.2 Å². The van der Waals surface area contributed by atoms with Crippen molar-refractivity contribution < 1.29 is 4.79 Å². The quantitative estimate of drug-likeness (QED) is 0.735. The summed E-state index contributed by atoms with van der Waals surface area (Å²) in [6, 6.07) is 3.98. The second-order valence-corrected chi connectivity index (χ2v) is 5.43. The van der Waals surface area contributed by atoms with E-state index in [1.165, 1.54) is 11.1 Å². The summed E-state index contributed by atoms with van der Waals surface area (Å²) in [5.41, 5.74) is 4.59. The standard InChI is InChI=1S/C16H16N2O.ClH/c19-16-13-6-3-8-17-14(13)10-15-12-5-2-1-4-11(12)7-9-18(15)16;/h3-6,8,15H,1-2,7,9-10H2;1H. The van der Waals surface area contributed by atoms with E-state index < -0.39 is 0 Å². The van der Waals surface area contributed by atoms with Gasteiger partial charge in [0.2, 0.25) is 0 Å². The summed E-state index contributed by atoms with van der Waals surface area (Å²) >= 11 is 0. The maximum atomic E-state index is 12.6. The number of halogens is 1. The number of fused-ring (bicyclic) bond motifs is 4. The van der Waals surface area contributed by atoms with Crippen molar-refractivity contribution in [3.05, 3.63) is 52.9 Å². The second kappa shape index (κ2) is 5.06. The van der Waals surface area contributed by atoms with Crippen LogP contribution >= 0.6 is 12.4 Å². The lowest BCUT2D eigenvalue weighted by Gasteiger charge is -2.43. The van der Waals surface area contributed by atoms with Gasteiger partial charge >= 0.3 is 0 Å². The average Bonchev–Trinajstić information content (AvgIpc) is 2.47. The van der Waals surface area contributed by atoms with Gasteiger partial charge in [-0.05, 0) is 42.5 Å². The number of nitrogens with zero attached hydrogens (tertiary/aromatic N) is 2. The molecule has 1 aliphatic carbocycles. The summed E-state index contributed by atoms with van der Waals surface area (Å²) in [5.74, 6) is 0.157. The fourth-order valence-electron chi connectivity index (χ4n) is 3.50. The first-order valence-corrected chi connectivity index (χ1v) is 6.99. The summed E-state index contributed by atoms with van der Waals surface area (Å²) < 4.78 is 0. The zero-order valence-electron chi connectivity index (χ0n) is 11.2. The molecule has 0 bridgehead atoms. The highest BCUT2D eigenvalue weighted by atomic mass is 35.5. The summed E-state index contributed by atoms with van der Waals surface area (Å²) in [5, 5.41) is 0. The molecule has 20 heavy (non-hydrogen) atoms. The number of allylic oxidation sites excluding steroid dienone is 2. The number of hydrogen-bond acceptors (Lipinski definition) is 2. The lowest BCUT2D eigenvalue weighted by molar-refractivity contribution is 0.0664. The van der Waals surface area contributed by atoms with E-state index in [1.54, 1.807) is 6.20 Å². The molecular weight excluding hydrogens is 272 g/mol. The molecule has 104 valence electrons. The van der Waals surface area contributed by atoms with E-state index in [-0.39, 0.29) is 24.4 Å². The molecule has 3 nitrogen and oxygen atoms in total. The summed E-state index contributed by atoms with van der Waals surface area (Å²) in [6.07, 6.45) is 10.6. The van der Waals surface area contributed by atoms with Gasteiger partial charge in [0.05, 0.1) is 17.3 Å². The molecule has 0 N–H and O–H groups in total. The molecule has 1 unspecified atom stereocenters. The summed E-state index contributed by atoms with van der Waals surface area (Å²) in [7, 11) is 0. The first-order valence-electron chi connectivity index (χ1n) is 6.99. The highest BCUT2D eigenvalue weighted by Crippen LogP contribution is 2.36. The molecule has 0 aromatic carbocycles. The van der Waals surface area contributed by atoms with E-state index in [1.807, 2.05) is 17.0 Å². The van der Waals surface area contributed by atoms with Crippen molar-refractivity contribution in [3.8, 4) is 0 Å². The van der Waals surface area contributed by atoms with Crippen LogP contribution in [0.15, 0.2) is 41.6 Å². The van der Waals surface area contributed by atoms with Gasteiger partial charge < -0.3 is 4.90 Å². The number of amides is 1. The molecule has 1 aromatic rings. The Balaban J connectivity index is 0.00000121. The van der Waals surface area contributed by atoms with Crippen molar-refractivity contribution >= 4 is 18.3 Å². The number of piperidine rings is 1. The van der Waals surface area contributed by atoms with Gasteiger partial charge in [-0.2, -0.15) is 0 Å². The van der Waals surface area contributed by atoms with Gasteiger partial charge in [-0.25, -0.2) is 0 Å². The van der Waals surface area contributed by atoms with Crippen molar-refractivity contribution in [2.24, 2.45) is 0 Å². The second-order valence-electron chi connectivity index (χ2n) is 5.43. The minimum absolute atomic E-state index is 0. The predicted octanol–water partition coefficient (Wildman–Crippen LogP) is 2.92. The lowest BCUT2D eigenvalue weighted by Crippen LogP contribution is -2.50. The van der Waals surface area contributed by atoms with Gasteiger partial charge in [0.25, 0.3) is 5.91 Å². The molecule has 1 aromatic heterocycles. The number of pyridine rings is 1. The minimum Gasteiger partial charge on any atom is -0.331 e. The van der Waals surface area contributed by atoms with E-state index in [0.717, 1.165) is 43.5 Å². The maximum Gasteiger partial charge on any atom is 0.256 e. The molecule has 0 radical (unpaired) electrons. The van der Waals surface area contributed by atoms with E-state index in [4.69, 9.17) is 0 Å². The predicted molar refractivity (Wildman–Crippen MR) is 80.0 cm³/mol. The zero-order chi connectivity index (χ0) is 12.8. The van der Waals surface area contributed by atoms with Gasteiger partial charge in [-0.3, -0.25) is 9.78 Å². The molecule has 3 heterocycles. The molecule has 0 spiro atoms. The van der Waals surface area contributed by atoms with Crippen molar-refractivity contribution in [2.75, 3.05) is 6.54 Å². The van der Waals surface area contributed by atoms with Gasteiger partial charge in [-0.1, -0.05) is 12.2 Å². The van der Waals surface area contributed by atoms with Crippen LogP contribution in [0, 0.1) is 0 Å². The van der Waals surface area contributed by atoms with Crippen LogP contribution in [0.3, 0.4) is 0 Å². The first-order chi connectivity index (χ1) is 9.34. The van der Waals surface area contributed by atoms with Crippen molar-refractivity contribution in [1.29, 1.82) is 0 Å². The van der Waals surface area contributed by atoms with Crippen LogP contribution in [0.1, 0.15) is 35.3 Å². The Morgan fingerprint density at radius 2 is 2.10 bits per heavy atom. The normalized spacial score (nSPS) is 23.7. The van der Waals surface area contributed by atoms with Gasteiger partial charge in [-0.15, -0.1) is 12.4 Å². The fraction of sp³-hybridized carbons (Fsp3) is 0.375. The molecule has 2 aliphatic heterocycles. The van der Waals surface area contributed by atoms with Crippen LogP contribution in [-0.2, 0) is 6.42 Å². The number of aromatic nitrogens is 1. The highest BCUT2D eigenvalue weighted by molar-refractivity contribution is 5.97. The Kier molecular flexibility index (Phi) is 3.38. The molecule has 3 aliphatic rings. The molecule has 4 heteroatoms. The molecule has 1 saturated heterocycles. The van der Waals surface area contributed by atoms with Crippen LogP contribution in [0.4, 0.5) is 0 Å². The number of hydrogen-bond donors (Lipinski definition) is 0. The zero-order valence-corrected chi connectivity index (χ0v) is 12.0. The van der Waals surface area contributed by atoms with E-state index in [2.05, 4.69) is 17.1 Å². The van der Waals surface area contributed by atoms with E-state index in [9.17, 15) is 4.79 Å². The Bertz CT molecular complexity index is 621. The fourth-order valence-corrected chi connectivity index (χ4v) is 3.50. The summed E-state index contributed by atoms with van der Waals surface area (Å²) in [6.45, 7) is 0.848. The minimum atomic E-state index is 0. The van der Waals surface area contributed by atoms with Crippen molar-refractivity contribution in [3.63, 3.8) is 0 Å². The van der Waals surface area contributed by atoms with Crippen LogP contribution in [-0.4, -0.2) is 28.4 Å². The molecule has 1 amide bonds. The third-order valence-corrected chi connectivity index (χ3v) is 4.42. The average molecular weight is 289 g/mol. The van der Waals surface area contributed by atoms with E-state index in [0.29, 0.717) is 0 Å². The smallest absolute Gasteiger partial charge is 0.256 e. The molecule has 1 atom stereocenters. The van der Waals surface area contributed by atoms with Crippen LogP contribution in [0.5, 0.6) is 0 Å².